The summed E-state index contributed by atoms with van der Waals surface area (Å²) in [5, 5.41) is 3.42. The fourth-order valence-corrected chi connectivity index (χ4v) is 2.84. The maximum Gasteiger partial charge on any atom is 0.161 e. The van der Waals surface area contributed by atoms with Gasteiger partial charge in [0.25, 0.3) is 0 Å². The van der Waals surface area contributed by atoms with Crippen LogP contribution in [0.1, 0.15) is 30.9 Å². The molecule has 0 aromatic heterocycles. The second-order valence-corrected chi connectivity index (χ2v) is 5.39. The van der Waals surface area contributed by atoms with Gasteiger partial charge in [-0.2, -0.15) is 0 Å². The molecule has 1 fully saturated rings. The summed E-state index contributed by atoms with van der Waals surface area (Å²) in [6.07, 6.45) is 3.34. The highest BCUT2D eigenvalue weighted by molar-refractivity contribution is 5.44. The number of piperidine rings is 1. The van der Waals surface area contributed by atoms with Gasteiger partial charge in [-0.25, -0.2) is 0 Å². The lowest BCUT2D eigenvalue weighted by Gasteiger charge is -2.28. The maximum absolute atomic E-state index is 6.41. The lowest BCUT2D eigenvalue weighted by Crippen LogP contribution is -2.36. The van der Waals surface area contributed by atoms with E-state index >= 15 is 0 Å². The van der Waals surface area contributed by atoms with Crippen LogP contribution in [0.25, 0.3) is 0 Å². The number of nitrogens with one attached hydrogen (secondary N) is 1. The maximum atomic E-state index is 6.41. The number of ether oxygens (including phenoxy) is 2. The zero-order valence-electron chi connectivity index (χ0n) is 11.2. The van der Waals surface area contributed by atoms with Crippen molar-refractivity contribution in [3.05, 3.63) is 23.8 Å². The van der Waals surface area contributed by atoms with Crippen molar-refractivity contribution in [3.63, 3.8) is 0 Å². The predicted octanol–water partition coefficient (Wildman–Crippen LogP) is 1.85. The summed E-state index contributed by atoms with van der Waals surface area (Å²) in [5.41, 5.74) is 7.56. The van der Waals surface area contributed by atoms with E-state index in [1.54, 1.807) is 0 Å². The number of fused-ring (bicyclic) bond motifs is 1. The van der Waals surface area contributed by atoms with Gasteiger partial charge in [0.2, 0.25) is 0 Å². The van der Waals surface area contributed by atoms with Crippen LogP contribution in [-0.2, 0) is 0 Å². The van der Waals surface area contributed by atoms with Crippen LogP contribution in [0, 0.1) is 5.92 Å². The van der Waals surface area contributed by atoms with Gasteiger partial charge in [0.15, 0.2) is 11.5 Å². The van der Waals surface area contributed by atoms with Crippen LogP contribution in [0.5, 0.6) is 11.5 Å². The molecule has 1 aromatic carbocycles. The second kappa shape index (κ2) is 5.80. The molecule has 4 nitrogen and oxygen atoms in total. The first-order chi connectivity index (χ1) is 9.34. The number of rotatable bonds is 2. The first kappa shape index (κ1) is 12.8. The molecular formula is C15H22N2O2. The highest BCUT2D eigenvalue weighted by Gasteiger charge is 2.23. The van der Waals surface area contributed by atoms with E-state index in [1.807, 2.05) is 6.07 Å². The van der Waals surface area contributed by atoms with Crippen LogP contribution in [0.3, 0.4) is 0 Å². The van der Waals surface area contributed by atoms with E-state index in [1.165, 1.54) is 12.8 Å². The molecule has 19 heavy (non-hydrogen) atoms. The third-order valence-electron chi connectivity index (χ3n) is 4.00. The lowest BCUT2D eigenvalue weighted by molar-refractivity contribution is 0.296. The van der Waals surface area contributed by atoms with Crippen molar-refractivity contribution >= 4 is 0 Å². The smallest absolute Gasteiger partial charge is 0.161 e. The summed E-state index contributed by atoms with van der Waals surface area (Å²) < 4.78 is 11.4. The fraction of sp³-hybridized carbons (Fsp3) is 0.600. The van der Waals surface area contributed by atoms with Crippen molar-refractivity contribution in [1.29, 1.82) is 0 Å². The third-order valence-corrected chi connectivity index (χ3v) is 4.00. The van der Waals surface area contributed by atoms with Crippen LogP contribution in [-0.4, -0.2) is 26.3 Å². The first-order valence-electron chi connectivity index (χ1n) is 7.20. The average molecular weight is 262 g/mol. The molecular weight excluding hydrogens is 240 g/mol. The molecule has 0 spiro atoms. The second-order valence-electron chi connectivity index (χ2n) is 5.39. The molecule has 2 heterocycles. The molecule has 0 radical (unpaired) electrons. The Labute approximate surface area is 114 Å². The van der Waals surface area contributed by atoms with Gasteiger partial charge < -0.3 is 20.5 Å². The summed E-state index contributed by atoms with van der Waals surface area (Å²) in [6, 6.07) is 6.20. The van der Waals surface area contributed by atoms with Crippen molar-refractivity contribution in [1.82, 2.24) is 5.32 Å². The first-order valence-corrected chi connectivity index (χ1v) is 7.20. The molecule has 3 rings (SSSR count). The number of benzene rings is 1. The Balaban J connectivity index is 1.78. The summed E-state index contributed by atoms with van der Waals surface area (Å²) in [6.45, 7) is 3.57. The SMILES string of the molecule is NC(c1ccc2c(c1)OCCCO2)C1CCCNC1. The van der Waals surface area contributed by atoms with E-state index in [2.05, 4.69) is 17.4 Å². The van der Waals surface area contributed by atoms with Crippen molar-refractivity contribution in [3.8, 4) is 11.5 Å². The Morgan fingerprint density at radius 1 is 1.16 bits per heavy atom. The molecule has 4 heteroatoms. The standard InChI is InChI=1S/C15H22N2O2/c16-15(12-3-1-6-17-10-12)11-4-5-13-14(9-11)19-8-2-7-18-13/h4-5,9,12,15,17H,1-3,6-8,10,16H2. The molecule has 2 atom stereocenters. The zero-order chi connectivity index (χ0) is 13.1. The van der Waals surface area contributed by atoms with Gasteiger partial charge in [-0.1, -0.05) is 6.07 Å². The van der Waals surface area contributed by atoms with Gasteiger partial charge in [-0.3, -0.25) is 0 Å². The van der Waals surface area contributed by atoms with E-state index in [0.717, 1.165) is 49.8 Å². The minimum atomic E-state index is 0.0740. The minimum absolute atomic E-state index is 0.0740. The largest absolute Gasteiger partial charge is 0.490 e. The number of hydrogen-bond acceptors (Lipinski definition) is 4. The van der Waals surface area contributed by atoms with Gasteiger partial charge in [-0.15, -0.1) is 0 Å². The quantitative estimate of drug-likeness (QED) is 0.854. The fourth-order valence-electron chi connectivity index (χ4n) is 2.84. The molecule has 3 N–H and O–H groups in total. The lowest BCUT2D eigenvalue weighted by atomic mass is 9.88. The molecule has 1 aromatic rings. The Bertz CT molecular complexity index is 430. The summed E-state index contributed by atoms with van der Waals surface area (Å²) >= 11 is 0. The Morgan fingerprint density at radius 2 is 2.00 bits per heavy atom. The number of nitrogens with two attached hydrogens (primary N) is 1. The van der Waals surface area contributed by atoms with Crippen LogP contribution in [0.15, 0.2) is 18.2 Å². The summed E-state index contributed by atoms with van der Waals surface area (Å²) in [5.74, 6) is 2.20. The van der Waals surface area contributed by atoms with E-state index in [0.29, 0.717) is 5.92 Å². The Morgan fingerprint density at radius 3 is 2.79 bits per heavy atom. The molecule has 1 saturated heterocycles. The van der Waals surface area contributed by atoms with Crippen molar-refractivity contribution in [2.24, 2.45) is 11.7 Å². The molecule has 2 aliphatic heterocycles. The Kier molecular flexibility index (Phi) is 3.89. The van der Waals surface area contributed by atoms with Crippen LogP contribution in [0.4, 0.5) is 0 Å². The molecule has 0 amide bonds. The average Bonchev–Trinajstić information content (AvgIpc) is 2.72. The van der Waals surface area contributed by atoms with Gasteiger partial charge in [0.05, 0.1) is 13.2 Å². The monoisotopic (exact) mass is 262 g/mol. The molecule has 104 valence electrons. The van der Waals surface area contributed by atoms with Gasteiger partial charge in [-0.05, 0) is 49.5 Å². The normalized spacial score (nSPS) is 24.6. The van der Waals surface area contributed by atoms with E-state index in [9.17, 15) is 0 Å². The Hall–Kier alpha value is -1.26. The van der Waals surface area contributed by atoms with Gasteiger partial charge in [0, 0.05) is 12.5 Å². The molecule has 2 unspecified atom stereocenters. The molecule has 0 saturated carbocycles. The molecule has 0 aliphatic carbocycles. The molecule has 0 bridgehead atoms. The van der Waals surface area contributed by atoms with Gasteiger partial charge >= 0.3 is 0 Å². The predicted molar refractivity (Wildman–Crippen MR) is 74.6 cm³/mol. The summed E-state index contributed by atoms with van der Waals surface area (Å²) in [7, 11) is 0. The van der Waals surface area contributed by atoms with Crippen LogP contribution in [0.2, 0.25) is 0 Å². The number of hydrogen-bond donors (Lipinski definition) is 2. The zero-order valence-corrected chi connectivity index (χ0v) is 11.2. The van der Waals surface area contributed by atoms with Crippen molar-refractivity contribution < 1.29 is 9.47 Å². The van der Waals surface area contributed by atoms with Crippen molar-refractivity contribution in [2.45, 2.75) is 25.3 Å². The molecule has 2 aliphatic rings. The van der Waals surface area contributed by atoms with Crippen molar-refractivity contribution in [2.75, 3.05) is 26.3 Å². The highest BCUT2D eigenvalue weighted by atomic mass is 16.5. The van der Waals surface area contributed by atoms with E-state index in [-0.39, 0.29) is 6.04 Å². The highest BCUT2D eigenvalue weighted by Crippen LogP contribution is 2.34. The van der Waals surface area contributed by atoms with Crippen LogP contribution < -0.4 is 20.5 Å². The topological polar surface area (TPSA) is 56.5 Å². The van der Waals surface area contributed by atoms with Crippen LogP contribution >= 0.6 is 0 Å². The van der Waals surface area contributed by atoms with Gasteiger partial charge in [0.1, 0.15) is 0 Å². The van der Waals surface area contributed by atoms with E-state index in [4.69, 9.17) is 15.2 Å². The van der Waals surface area contributed by atoms with E-state index < -0.39 is 0 Å². The third kappa shape index (κ3) is 2.85. The summed E-state index contributed by atoms with van der Waals surface area (Å²) in [4.78, 5) is 0. The minimum Gasteiger partial charge on any atom is -0.490 e.